The van der Waals surface area contributed by atoms with Crippen LogP contribution >= 0.6 is 21.7 Å². The first-order chi connectivity index (χ1) is 9.13. The lowest BCUT2D eigenvalue weighted by Gasteiger charge is -2.26. The van der Waals surface area contributed by atoms with Crippen LogP contribution in [0.5, 0.6) is 0 Å². The van der Waals surface area contributed by atoms with Crippen molar-refractivity contribution in [1.82, 2.24) is 0 Å². The van der Waals surface area contributed by atoms with Gasteiger partial charge in [0.05, 0.1) is 6.61 Å². The molecule has 20 heavy (non-hydrogen) atoms. The van der Waals surface area contributed by atoms with Crippen LogP contribution in [0, 0.1) is 0 Å². The van der Waals surface area contributed by atoms with Crippen molar-refractivity contribution in [2.75, 3.05) is 18.6 Å². The third kappa shape index (κ3) is 8.86. The van der Waals surface area contributed by atoms with E-state index in [0.717, 1.165) is 0 Å². The Kier molecular flexibility index (Phi) is 8.85. The van der Waals surface area contributed by atoms with Gasteiger partial charge in [-0.3, -0.25) is 8.37 Å². The van der Waals surface area contributed by atoms with Crippen molar-refractivity contribution >= 4 is 27.7 Å². The van der Waals surface area contributed by atoms with Gasteiger partial charge in [0.1, 0.15) is 21.7 Å². The molecule has 8 nitrogen and oxygen atoms in total. The molecule has 0 aliphatic rings. The molecule has 0 fully saturated rings. The molecule has 0 aliphatic heterocycles. The van der Waals surface area contributed by atoms with Crippen LogP contribution in [0.4, 0.5) is 8.78 Å². The summed E-state index contributed by atoms with van der Waals surface area (Å²) in [6, 6.07) is -3.05. The third-order valence-electron chi connectivity index (χ3n) is 1.96. The number of carboxylic acid groups (broad SMARTS) is 1. The van der Waals surface area contributed by atoms with E-state index in [1.54, 1.807) is 0 Å². The van der Waals surface area contributed by atoms with Crippen LogP contribution in [0.15, 0.2) is 0 Å². The molecule has 124 valence electrons. The summed E-state index contributed by atoms with van der Waals surface area (Å²) in [5.74, 6) is -1.49. The Labute approximate surface area is 117 Å². The molecule has 0 bridgehead atoms. The van der Waals surface area contributed by atoms with Crippen LogP contribution in [0.25, 0.3) is 0 Å². The average Bonchev–Trinajstić information content (AvgIpc) is 2.36. The van der Waals surface area contributed by atoms with Crippen LogP contribution in [0.1, 0.15) is 19.3 Å². The molecule has 0 rings (SSSR count). The second kappa shape index (κ2) is 8.94. The van der Waals surface area contributed by atoms with E-state index in [4.69, 9.17) is 23.3 Å². The first kappa shape index (κ1) is 19.8. The van der Waals surface area contributed by atoms with E-state index in [1.165, 1.54) is 0 Å². The van der Waals surface area contributed by atoms with Gasteiger partial charge in [0, 0.05) is 0 Å². The molecule has 0 amide bonds. The number of unbranched alkanes of at least 4 members (excludes halogenated alkanes) is 1. The minimum atomic E-state index is -4.04. The van der Waals surface area contributed by atoms with Crippen molar-refractivity contribution in [3.05, 3.63) is 0 Å². The maximum absolute atomic E-state index is 12.1. The van der Waals surface area contributed by atoms with E-state index < -0.39 is 45.8 Å². The Morgan fingerprint density at radius 3 is 2.05 bits per heavy atom. The van der Waals surface area contributed by atoms with Crippen LogP contribution in [0.2, 0.25) is 0 Å². The fourth-order valence-electron chi connectivity index (χ4n) is 1.08. The maximum Gasteiger partial charge on any atom is 0.334 e. The maximum atomic E-state index is 12.1. The monoisotopic (exact) mass is 344 g/mol. The summed E-state index contributed by atoms with van der Waals surface area (Å²) in [4.78, 5) is 10.7. The van der Waals surface area contributed by atoms with Crippen LogP contribution < -0.4 is 0 Å². The molecule has 0 radical (unpaired) electrons. The van der Waals surface area contributed by atoms with Crippen molar-refractivity contribution in [1.29, 1.82) is 0 Å². The Morgan fingerprint density at radius 1 is 1.05 bits per heavy atom. The summed E-state index contributed by atoms with van der Waals surface area (Å²) in [7, 11) is -7.75. The van der Waals surface area contributed by atoms with Gasteiger partial charge in [0.2, 0.25) is 0 Å². The highest BCUT2D eigenvalue weighted by Crippen LogP contribution is 2.42. The number of carboxylic acids is 1. The number of aliphatic carboxylic acids is 1. The van der Waals surface area contributed by atoms with Crippen molar-refractivity contribution in [2.45, 2.75) is 25.4 Å². The van der Waals surface area contributed by atoms with Gasteiger partial charge in [-0.25, -0.2) is 13.6 Å². The molecule has 0 aromatic rings. The zero-order valence-electron chi connectivity index (χ0n) is 10.4. The number of carbonyl (C=O) groups is 1. The molecule has 0 aliphatic carbocycles. The van der Waals surface area contributed by atoms with Gasteiger partial charge in [-0.1, -0.05) is 0 Å². The average molecular weight is 344 g/mol. The van der Waals surface area contributed by atoms with E-state index in [-0.39, 0.29) is 25.9 Å². The largest absolute Gasteiger partial charge is 0.479 e. The molecule has 1 unspecified atom stereocenters. The van der Waals surface area contributed by atoms with E-state index in [2.05, 4.69) is 8.37 Å². The third-order valence-corrected chi connectivity index (χ3v) is 3.62. The normalized spacial score (nSPS) is 15.9. The number of hydrogen-bond donors (Lipinski definition) is 5. The molecule has 0 spiro atoms. The molecule has 0 heterocycles. The molecular weight excluding hydrogens is 326 g/mol. The lowest BCUT2D eigenvalue weighted by Crippen LogP contribution is -2.26. The Hall–Kier alpha value is -0.210. The Morgan fingerprint density at radius 2 is 1.60 bits per heavy atom. The predicted octanol–water partition coefficient (Wildman–Crippen LogP) is 2.83. The molecule has 0 aromatic carbocycles. The standard InChI is InChI=1S/C8H18F2O8S2/c9-5-19(13,14)17-4-2-1-3-7(8(11)12)18-20(15,16)6-10/h7,13-16H,1-6H2,(H,11,12). The van der Waals surface area contributed by atoms with E-state index >= 15 is 0 Å². The lowest BCUT2D eigenvalue weighted by atomic mass is 10.1. The van der Waals surface area contributed by atoms with Crippen LogP contribution in [-0.2, 0) is 13.2 Å². The molecule has 0 aromatic heterocycles. The topological polar surface area (TPSA) is 137 Å². The number of rotatable bonds is 11. The summed E-state index contributed by atoms with van der Waals surface area (Å²) >= 11 is 0. The number of halogens is 2. The summed E-state index contributed by atoms with van der Waals surface area (Å²) in [5.41, 5.74) is 0. The fraction of sp³-hybridized carbons (Fsp3) is 0.875. The van der Waals surface area contributed by atoms with Crippen LogP contribution in [-0.4, -0.2) is 54.0 Å². The van der Waals surface area contributed by atoms with E-state index in [1.807, 2.05) is 0 Å². The first-order valence-corrected chi connectivity index (χ1v) is 8.61. The van der Waals surface area contributed by atoms with Gasteiger partial charge in [-0.15, -0.1) is 0 Å². The first-order valence-electron chi connectivity index (χ1n) is 5.32. The molecular formula is C8H18F2O8S2. The van der Waals surface area contributed by atoms with Crippen LogP contribution in [0.3, 0.4) is 0 Å². The van der Waals surface area contributed by atoms with Gasteiger partial charge in [-0.2, -0.15) is 0 Å². The smallest absolute Gasteiger partial charge is 0.334 e. The summed E-state index contributed by atoms with van der Waals surface area (Å²) in [6.45, 7) is -0.224. The number of alkyl halides is 2. The molecule has 0 saturated carbocycles. The number of hydrogen-bond acceptors (Lipinski definition) is 7. The minimum absolute atomic E-state index is 0.139. The van der Waals surface area contributed by atoms with Gasteiger partial charge in [0.15, 0.2) is 18.1 Å². The summed E-state index contributed by atoms with van der Waals surface area (Å²) < 4.78 is 68.4. The Balaban J connectivity index is 4.03. The zero-order chi connectivity index (χ0) is 15.8. The van der Waals surface area contributed by atoms with E-state index in [0.29, 0.717) is 0 Å². The molecule has 5 N–H and O–H groups in total. The zero-order valence-corrected chi connectivity index (χ0v) is 12.0. The Bertz CT molecular complexity index is 304. The summed E-state index contributed by atoms with van der Waals surface area (Å²) in [6.07, 6.45) is -1.50. The van der Waals surface area contributed by atoms with Gasteiger partial charge < -0.3 is 23.3 Å². The van der Waals surface area contributed by atoms with Crippen molar-refractivity contribution in [2.24, 2.45) is 0 Å². The lowest BCUT2D eigenvalue weighted by molar-refractivity contribution is -0.145. The highest BCUT2D eigenvalue weighted by atomic mass is 32.3. The van der Waals surface area contributed by atoms with Gasteiger partial charge >= 0.3 is 5.97 Å². The van der Waals surface area contributed by atoms with Crippen molar-refractivity contribution in [3.8, 4) is 0 Å². The molecule has 1 atom stereocenters. The minimum Gasteiger partial charge on any atom is -0.479 e. The second-order valence-electron chi connectivity index (χ2n) is 3.67. The van der Waals surface area contributed by atoms with Gasteiger partial charge in [-0.05, 0) is 19.3 Å². The highest BCUT2D eigenvalue weighted by molar-refractivity contribution is 8.20. The SMILES string of the molecule is O=C(O)C(CCCCOS(O)(O)CF)OS(O)(O)CF. The highest BCUT2D eigenvalue weighted by Gasteiger charge is 2.28. The molecule has 0 saturated heterocycles. The van der Waals surface area contributed by atoms with Crippen molar-refractivity contribution in [3.63, 3.8) is 0 Å². The van der Waals surface area contributed by atoms with Gasteiger partial charge in [0.25, 0.3) is 0 Å². The second-order valence-corrected chi connectivity index (χ2v) is 6.96. The van der Waals surface area contributed by atoms with E-state index in [9.17, 15) is 13.6 Å². The molecule has 12 heteroatoms. The summed E-state index contributed by atoms with van der Waals surface area (Å²) in [5, 5.41) is 8.74. The fourth-order valence-corrected chi connectivity index (χ4v) is 2.13. The van der Waals surface area contributed by atoms with Crippen molar-refractivity contribution < 1.29 is 45.3 Å². The predicted molar refractivity (Wildman–Crippen MR) is 70.0 cm³/mol. The quantitative estimate of drug-likeness (QED) is 0.361.